The number of nitrogen functional groups attached to an aromatic ring is 1. The van der Waals surface area contributed by atoms with Gasteiger partial charge in [-0.3, -0.25) is 0 Å². The monoisotopic (exact) mass is 362 g/mol. The van der Waals surface area contributed by atoms with Gasteiger partial charge < -0.3 is 11.1 Å². The van der Waals surface area contributed by atoms with Crippen LogP contribution in [0.2, 0.25) is 5.02 Å². The molecule has 0 aliphatic carbocycles. The van der Waals surface area contributed by atoms with Gasteiger partial charge in [0.1, 0.15) is 5.82 Å². The number of nitrogens with one attached hydrogen (secondary N) is 1. The summed E-state index contributed by atoms with van der Waals surface area (Å²) in [7, 11) is 0. The normalized spacial score (nSPS) is 10.3. The second-order valence-corrected chi connectivity index (χ2v) is 4.91. The summed E-state index contributed by atoms with van der Waals surface area (Å²) in [6.07, 6.45) is 0. The Bertz CT molecular complexity index is 511. The summed E-state index contributed by atoms with van der Waals surface area (Å²) >= 11 is 7.85. The molecule has 88 valence electrons. The number of rotatable bonds is 2. The lowest BCUT2D eigenvalue weighted by atomic mass is 10.2. The molecule has 2 rings (SSSR count). The Morgan fingerprint density at radius 3 is 2.53 bits per heavy atom. The quantitative estimate of drug-likeness (QED) is 0.613. The Morgan fingerprint density at radius 2 is 1.76 bits per heavy atom. The number of nitrogens with two attached hydrogens (primary N) is 1. The molecule has 0 radical (unpaired) electrons. The minimum absolute atomic E-state index is 0.267. The third-order valence-electron chi connectivity index (χ3n) is 2.27. The number of anilines is 3. The van der Waals surface area contributed by atoms with E-state index in [1.54, 1.807) is 30.3 Å². The lowest BCUT2D eigenvalue weighted by Crippen LogP contribution is -1.99. The predicted molar refractivity (Wildman–Crippen MR) is 78.3 cm³/mol. The highest BCUT2D eigenvalue weighted by molar-refractivity contribution is 14.1. The van der Waals surface area contributed by atoms with Crippen LogP contribution in [-0.4, -0.2) is 0 Å². The molecule has 0 aromatic heterocycles. The molecule has 3 N–H and O–H groups in total. The standard InChI is InChI=1S/C12H9ClFIN2/c13-7-3-1-6-10(12(7)16)17-9-5-2-4-8(14)11(9)15/h1-6,17H,16H2. The highest BCUT2D eigenvalue weighted by Gasteiger charge is 2.08. The first kappa shape index (κ1) is 12.4. The molecule has 2 nitrogen and oxygen atoms in total. The third-order valence-corrected chi connectivity index (χ3v) is 3.70. The smallest absolute Gasteiger partial charge is 0.138 e. The fourth-order valence-electron chi connectivity index (χ4n) is 1.39. The zero-order chi connectivity index (χ0) is 12.4. The van der Waals surface area contributed by atoms with E-state index < -0.39 is 0 Å². The Hall–Kier alpha value is -1.01. The van der Waals surface area contributed by atoms with Gasteiger partial charge in [0.15, 0.2) is 0 Å². The summed E-state index contributed by atoms with van der Waals surface area (Å²) in [5.74, 6) is -0.267. The average molecular weight is 363 g/mol. The van der Waals surface area contributed by atoms with Crippen LogP contribution in [0.15, 0.2) is 36.4 Å². The lowest BCUT2D eigenvalue weighted by molar-refractivity contribution is 0.621. The topological polar surface area (TPSA) is 38.0 Å². The van der Waals surface area contributed by atoms with Crippen LogP contribution in [0.3, 0.4) is 0 Å². The Morgan fingerprint density at radius 1 is 1.12 bits per heavy atom. The molecule has 2 aromatic carbocycles. The SMILES string of the molecule is Nc1c(Cl)cccc1Nc1cccc(F)c1I. The zero-order valence-corrected chi connectivity index (χ0v) is 11.6. The molecule has 0 fully saturated rings. The van der Waals surface area contributed by atoms with E-state index in [1.807, 2.05) is 22.6 Å². The van der Waals surface area contributed by atoms with Gasteiger partial charge in [0, 0.05) is 0 Å². The maximum Gasteiger partial charge on any atom is 0.138 e. The van der Waals surface area contributed by atoms with Crippen molar-refractivity contribution in [2.75, 3.05) is 11.1 Å². The molecule has 17 heavy (non-hydrogen) atoms. The lowest BCUT2D eigenvalue weighted by Gasteiger charge is -2.12. The maximum absolute atomic E-state index is 13.4. The fourth-order valence-corrected chi connectivity index (χ4v) is 2.06. The van der Waals surface area contributed by atoms with Crippen LogP contribution in [0, 0.1) is 9.39 Å². The molecule has 0 saturated heterocycles. The summed E-state index contributed by atoms with van der Waals surface area (Å²) in [6.45, 7) is 0. The second kappa shape index (κ2) is 5.10. The van der Waals surface area contributed by atoms with Crippen molar-refractivity contribution in [1.82, 2.24) is 0 Å². The molecule has 0 saturated carbocycles. The molecule has 2 aromatic rings. The van der Waals surface area contributed by atoms with Crippen molar-refractivity contribution in [3.8, 4) is 0 Å². The molecule has 0 aliphatic heterocycles. The van der Waals surface area contributed by atoms with E-state index in [1.165, 1.54) is 6.07 Å². The summed E-state index contributed by atoms with van der Waals surface area (Å²) in [4.78, 5) is 0. The van der Waals surface area contributed by atoms with Crippen molar-refractivity contribution in [3.63, 3.8) is 0 Å². The molecule has 5 heteroatoms. The van der Waals surface area contributed by atoms with Crippen molar-refractivity contribution in [2.45, 2.75) is 0 Å². The van der Waals surface area contributed by atoms with E-state index in [0.717, 1.165) is 0 Å². The summed E-state index contributed by atoms with van der Waals surface area (Å²) in [6, 6.07) is 10.1. The third kappa shape index (κ3) is 2.63. The number of hydrogen-bond acceptors (Lipinski definition) is 2. The van der Waals surface area contributed by atoms with Gasteiger partial charge in [0.2, 0.25) is 0 Å². The van der Waals surface area contributed by atoms with Crippen molar-refractivity contribution >= 4 is 51.3 Å². The number of halogens is 3. The Balaban J connectivity index is 2.38. The molecule has 0 heterocycles. The van der Waals surface area contributed by atoms with Gasteiger partial charge in [0.25, 0.3) is 0 Å². The first-order chi connectivity index (χ1) is 8.09. The van der Waals surface area contributed by atoms with E-state index in [-0.39, 0.29) is 5.82 Å². The highest BCUT2D eigenvalue weighted by Crippen LogP contribution is 2.31. The molecular weight excluding hydrogens is 354 g/mol. The molecule has 0 atom stereocenters. The minimum atomic E-state index is -0.267. The zero-order valence-electron chi connectivity index (χ0n) is 8.68. The summed E-state index contributed by atoms with van der Waals surface area (Å²) in [5.41, 5.74) is 7.61. The van der Waals surface area contributed by atoms with E-state index in [0.29, 0.717) is 25.7 Å². The molecule has 0 amide bonds. The van der Waals surface area contributed by atoms with E-state index in [4.69, 9.17) is 17.3 Å². The largest absolute Gasteiger partial charge is 0.396 e. The summed E-state index contributed by atoms with van der Waals surface area (Å²) < 4.78 is 13.9. The van der Waals surface area contributed by atoms with Gasteiger partial charge in [-0.2, -0.15) is 0 Å². The van der Waals surface area contributed by atoms with Gasteiger partial charge >= 0.3 is 0 Å². The van der Waals surface area contributed by atoms with Gasteiger partial charge in [-0.25, -0.2) is 4.39 Å². The number of hydrogen-bond donors (Lipinski definition) is 2. The van der Waals surface area contributed by atoms with Crippen molar-refractivity contribution in [2.24, 2.45) is 0 Å². The highest BCUT2D eigenvalue weighted by atomic mass is 127. The Labute approximate surface area is 117 Å². The maximum atomic E-state index is 13.4. The molecule has 0 unspecified atom stereocenters. The van der Waals surface area contributed by atoms with Crippen molar-refractivity contribution in [3.05, 3.63) is 50.8 Å². The minimum Gasteiger partial charge on any atom is -0.396 e. The molecule has 0 bridgehead atoms. The van der Waals surface area contributed by atoms with E-state index >= 15 is 0 Å². The van der Waals surface area contributed by atoms with Crippen LogP contribution >= 0.6 is 34.2 Å². The van der Waals surface area contributed by atoms with Crippen LogP contribution in [0.5, 0.6) is 0 Å². The van der Waals surface area contributed by atoms with Crippen LogP contribution in [0.1, 0.15) is 0 Å². The van der Waals surface area contributed by atoms with Crippen molar-refractivity contribution < 1.29 is 4.39 Å². The van der Waals surface area contributed by atoms with Crippen molar-refractivity contribution in [1.29, 1.82) is 0 Å². The second-order valence-electron chi connectivity index (χ2n) is 3.43. The molecular formula is C12H9ClFIN2. The van der Waals surface area contributed by atoms with Crippen LogP contribution in [0.25, 0.3) is 0 Å². The van der Waals surface area contributed by atoms with Crippen LogP contribution in [-0.2, 0) is 0 Å². The molecule has 0 aliphatic rings. The first-order valence-corrected chi connectivity index (χ1v) is 6.30. The number of benzene rings is 2. The van der Waals surface area contributed by atoms with E-state index in [2.05, 4.69) is 5.32 Å². The molecule has 0 spiro atoms. The predicted octanol–water partition coefficient (Wildman–Crippen LogP) is 4.41. The first-order valence-electron chi connectivity index (χ1n) is 4.84. The van der Waals surface area contributed by atoms with Gasteiger partial charge in [-0.05, 0) is 46.9 Å². The average Bonchev–Trinajstić information content (AvgIpc) is 2.31. The Kier molecular flexibility index (Phi) is 3.73. The summed E-state index contributed by atoms with van der Waals surface area (Å²) in [5, 5.41) is 3.54. The number of para-hydroxylation sites is 1. The fraction of sp³-hybridized carbons (Fsp3) is 0. The van der Waals surface area contributed by atoms with Crippen LogP contribution < -0.4 is 11.1 Å². The van der Waals surface area contributed by atoms with Gasteiger partial charge in [-0.15, -0.1) is 0 Å². The van der Waals surface area contributed by atoms with Gasteiger partial charge in [-0.1, -0.05) is 23.7 Å². The van der Waals surface area contributed by atoms with Crippen LogP contribution in [0.4, 0.5) is 21.5 Å². The van der Waals surface area contributed by atoms with E-state index in [9.17, 15) is 4.39 Å². The van der Waals surface area contributed by atoms with Gasteiger partial charge in [0.05, 0.1) is 25.7 Å².